The molecule has 306 valence electrons. The Labute approximate surface area is 378 Å². The molecule has 0 N–H and O–H groups in total. The molecule has 0 unspecified atom stereocenters. The van der Waals surface area contributed by atoms with E-state index < -0.39 is 0 Å². The highest BCUT2D eigenvalue weighted by Gasteiger charge is 2.29. The summed E-state index contributed by atoms with van der Waals surface area (Å²) in [6, 6.07) is 81.6. The van der Waals surface area contributed by atoms with E-state index in [1.165, 1.54) is 65.0 Å². The predicted octanol–water partition coefficient (Wildman–Crippen LogP) is 16.6. The molecule has 0 radical (unpaired) electrons. The third-order valence-electron chi connectivity index (χ3n) is 14.0. The maximum atomic E-state index is 5.93. The van der Waals surface area contributed by atoms with Crippen molar-refractivity contribution in [2.24, 2.45) is 0 Å². The van der Waals surface area contributed by atoms with Crippen molar-refractivity contribution in [3.63, 3.8) is 0 Å². The third-order valence-corrected chi connectivity index (χ3v) is 14.0. The lowest BCUT2D eigenvalue weighted by molar-refractivity contribution is 1.25. The fourth-order valence-electron chi connectivity index (χ4n) is 11.4. The lowest BCUT2D eigenvalue weighted by Crippen LogP contribution is -2.11. The van der Waals surface area contributed by atoms with Crippen LogP contribution in [0, 0.1) is 0 Å². The van der Waals surface area contributed by atoms with Crippen LogP contribution in [-0.4, -0.2) is 13.8 Å². The average molecular weight is 840 g/mol. The standard InChI is InChI=1S/C61H37N5/c1-5-21-40(22-6-1)63(41-23-7-2-8-24-41)52-34-18-32-47-49-35-38-19-13-15-29-44(38)54-51-37-53-55(62-61(51)66(57(47)52)58(49)54)48-33-17-31-46-50-36-39-20-14-16-30-45(39)59(60(50)65(53)56(46)48)64(42-25-9-3-10-26-42)43-27-11-4-12-28-43/h1-37H. The molecule has 0 saturated heterocycles. The summed E-state index contributed by atoms with van der Waals surface area (Å²) in [5.41, 5.74) is 14.4. The first-order valence-electron chi connectivity index (χ1n) is 22.6. The van der Waals surface area contributed by atoms with E-state index in [2.05, 4.69) is 243 Å². The van der Waals surface area contributed by atoms with E-state index in [1.807, 2.05) is 0 Å². The van der Waals surface area contributed by atoms with E-state index >= 15 is 0 Å². The Morgan fingerprint density at radius 1 is 0.318 bits per heavy atom. The molecule has 0 spiro atoms. The highest BCUT2D eigenvalue weighted by molar-refractivity contribution is 6.34. The van der Waals surface area contributed by atoms with Gasteiger partial charge in [-0.25, -0.2) is 4.98 Å². The maximum Gasteiger partial charge on any atom is 0.146 e. The molecule has 15 rings (SSSR count). The fraction of sp³-hybridized carbons (Fsp3) is 0. The summed E-state index contributed by atoms with van der Waals surface area (Å²) in [7, 11) is 0. The molecular formula is C61H37N5. The largest absolute Gasteiger partial charge is 0.308 e. The Morgan fingerprint density at radius 2 is 0.803 bits per heavy atom. The lowest BCUT2D eigenvalue weighted by atomic mass is 10.00. The van der Waals surface area contributed by atoms with Crippen molar-refractivity contribution in [3.05, 3.63) is 224 Å². The van der Waals surface area contributed by atoms with Gasteiger partial charge in [0, 0.05) is 65.8 Å². The predicted molar refractivity (Wildman–Crippen MR) is 278 cm³/mol. The molecule has 5 nitrogen and oxygen atoms in total. The summed E-state index contributed by atoms with van der Waals surface area (Å²) in [6.45, 7) is 0. The molecule has 0 aliphatic carbocycles. The zero-order chi connectivity index (χ0) is 43.0. The number of fused-ring (bicyclic) bond motifs is 15. The van der Waals surface area contributed by atoms with E-state index in [4.69, 9.17) is 4.98 Å². The number of para-hydroxylation sites is 6. The van der Waals surface area contributed by atoms with Crippen molar-refractivity contribution < 1.29 is 0 Å². The van der Waals surface area contributed by atoms with Crippen LogP contribution in [0.25, 0.3) is 98.0 Å². The summed E-state index contributed by atoms with van der Waals surface area (Å²) >= 11 is 0. The second kappa shape index (κ2) is 13.3. The SMILES string of the molecule is c1ccc(N(c2ccccc2)c2c3ccccc3cc3c4cccc5c6nc7c(cc6n(c23)c45)c2c3ccccc3cc3c4cccc(N(c5ccccc5)c5ccccc5)c4n7c32)cc1. The van der Waals surface area contributed by atoms with Gasteiger partial charge in [0.25, 0.3) is 0 Å². The molecule has 0 fully saturated rings. The third kappa shape index (κ3) is 4.70. The van der Waals surface area contributed by atoms with E-state index in [-0.39, 0.29) is 0 Å². The van der Waals surface area contributed by atoms with Crippen LogP contribution in [0.3, 0.4) is 0 Å². The Bertz CT molecular complexity index is 4310. The minimum absolute atomic E-state index is 0.960. The molecule has 0 aliphatic rings. The number of pyridine rings is 1. The summed E-state index contributed by atoms with van der Waals surface area (Å²) in [5, 5.41) is 13.2. The van der Waals surface area contributed by atoms with Gasteiger partial charge in [-0.1, -0.05) is 152 Å². The second-order valence-electron chi connectivity index (χ2n) is 17.5. The monoisotopic (exact) mass is 839 g/mol. The maximum absolute atomic E-state index is 5.93. The fourth-order valence-corrected chi connectivity index (χ4v) is 11.4. The van der Waals surface area contributed by atoms with Crippen LogP contribution >= 0.6 is 0 Å². The summed E-state index contributed by atoms with van der Waals surface area (Å²) in [6.07, 6.45) is 0. The van der Waals surface area contributed by atoms with Gasteiger partial charge in [0.15, 0.2) is 0 Å². The first-order valence-corrected chi connectivity index (χ1v) is 22.6. The minimum atomic E-state index is 0.960. The zero-order valence-electron chi connectivity index (χ0n) is 35.6. The van der Waals surface area contributed by atoms with Crippen LogP contribution in [0.5, 0.6) is 0 Å². The van der Waals surface area contributed by atoms with Gasteiger partial charge in [0.05, 0.1) is 44.5 Å². The van der Waals surface area contributed by atoms with Gasteiger partial charge in [-0.3, -0.25) is 4.40 Å². The Balaban J connectivity index is 1.14. The summed E-state index contributed by atoms with van der Waals surface area (Å²) in [4.78, 5) is 10.8. The first-order chi connectivity index (χ1) is 32.8. The Kier molecular flexibility index (Phi) is 7.16. The molecule has 5 heteroatoms. The first kappa shape index (κ1) is 35.5. The number of anilines is 6. The Morgan fingerprint density at radius 3 is 1.44 bits per heavy atom. The van der Waals surface area contributed by atoms with Crippen molar-refractivity contribution >= 4 is 132 Å². The van der Waals surface area contributed by atoms with E-state index in [1.54, 1.807) is 0 Å². The van der Waals surface area contributed by atoms with E-state index in [0.29, 0.717) is 0 Å². The van der Waals surface area contributed by atoms with Gasteiger partial charge >= 0.3 is 0 Å². The summed E-state index contributed by atoms with van der Waals surface area (Å²) < 4.78 is 5.02. The van der Waals surface area contributed by atoms with Crippen LogP contribution in [-0.2, 0) is 0 Å². The molecule has 5 heterocycles. The van der Waals surface area contributed by atoms with Crippen molar-refractivity contribution in [1.82, 2.24) is 13.8 Å². The number of aromatic nitrogens is 3. The lowest BCUT2D eigenvalue weighted by Gasteiger charge is -2.28. The molecule has 5 aromatic heterocycles. The number of nitrogens with zero attached hydrogens (tertiary/aromatic N) is 5. The smallest absolute Gasteiger partial charge is 0.146 e. The topological polar surface area (TPSA) is 28.2 Å². The minimum Gasteiger partial charge on any atom is -0.308 e. The molecule has 10 aromatic carbocycles. The van der Waals surface area contributed by atoms with Gasteiger partial charge in [0.1, 0.15) is 5.65 Å². The van der Waals surface area contributed by atoms with Crippen molar-refractivity contribution in [1.29, 1.82) is 0 Å². The van der Waals surface area contributed by atoms with Crippen molar-refractivity contribution in [2.45, 2.75) is 0 Å². The second-order valence-corrected chi connectivity index (χ2v) is 17.5. The number of rotatable bonds is 6. The van der Waals surface area contributed by atoms with E-state index in [0.717, 1.165) is 67.1 Å². The Hall–Kier alpha value is -8.93. The summed E-state index contributed by atoms with van der Waals surface area (Å²) in [5.74, 6) is 0. The highest BCUT2D eigenvalue weighted by Crippen LogP contribution is 2.51. The molecule has 0 atom stereocenters. The number of benzene rings is 10. The molecule has 0 saturated carbocycles. The van der Waals surface area contributed by atoms with Gasteiger partial charge in [-0.15, -0.1) is 0 Å². The van der Waals surface area contributed by atoms with Gasteiger partial charge in [0.2, 0.25) is 0 Å². The number of hydrogen-bond acceptors (Lipinski definition) is 3. The normalized spacial score (nSPS) is 12.2. The van der Waals surface area contributed by atoms with Gasteiger partial charge in [-0.05, 0) is 89.0 Å². The molecular weight excluding hydrogens is 803 g/mol. The zero-order valence-corrected chi connectivity index (χ0v) is 35.6. The van der Waals surface area contributed by atoms with E-state index in [9.17, 15) is 0 Å². The van der Waals surface area contributed by atoms with Crippen LogP contribution in [0.1, 0.15) is 0 Å². The molecule has 66 heavy (non-hydrogen) atoms. The van der Waals surface area contributed by atoms with Crippen molar-refractivity contribution in [2.75, 3.05) is 9.80 Å². The highest BCUT2D eigenvalue weighted by atomic mass is 15.2. The van der Waals surface area contributed by atoms with Crippen LogP contribution in [0.15, 0.2) is 224 Å². The van der Waals surface area contributed by atoms with Crippen LogP contribution in [0.4, 0.5) is 34.1 Å². The van der Waals surface area contributed by atoms with Crippen molar-refractivity contribution in [3.8, 4) is 0 Å². The molecule has 0 amide bonds. The van der Waals surface area contributed by atoms with Gasteiger partial charge < -0.3 is 14.2 Å². The molecule has 0 bridgehead atoms. The quantitative estimate of drug-likeness (QED) is 0.167. The van der Waals surface area contributed by atoms with Crippen LogP contribution < -0.4 is 9.80 Å². The van der Waals surface area contributed by atoms with Crippen LogP contribution in [0.2, 0.25) is 0 Å². The van der Waals surface area contributed by atoms with Gasteiger partial charge in [-0.2, -0.15) is 0 Å². The number of hydrogen-bond donors (Lipinski definition) is 0. The average Bonchev–Trinajstić information content (AvgIpc) is 4.10. The molecule has 0 aliphatic heterocycles. The molecule has 15 aromatic rings.